The minimum Gasteiger partial charge on any atom is -0.334 e. The number of nitrogens with zero attached hydrogens (tertiary/aromatic N) is 3. The number of benzene rings is 6. The summed E-state index contributed by atoms with van der Waals surface area (Å²) in [6, 6.07) is 55.1. The van der Waals surface area contributed by atoms with Gasteiger partial charge in [-0.05, 0) is 90.4 Å². The first-order valence-electron chi connectivity index (χ1n) is 19.1. The lowest BCUT2D eigenvalue weighted by molar-refractivity contribution is 0.785. The first-order chi connectivity index (χ1) is 27.7. The van der Waals surface area contributed by atoms with Gasteiger partial charge in [-0.1, -0.05) is 144 Å². The third-order valence-electron chi connectivity index (χ3n) is 11.2. The number of fused-ring (bicyclic) bond motifs is 10. The number of rotatable bonds is 7. The van der Waals surface area contributed by atoms with Gasteiger partial charge in [0.15, 0.2) is 0 Å². The van der Waals surface area contributed by atoms with Crippen LogP contribution in [-0.4, -0.2) is 15.2 Å². The Bertz CT molecular complexity index is 2870. The second kappa shape index (κ2) is 13.9. The first-order valence-corrected chi connectivity index (χ1v) is 19.9. The quantitative estimate of drug-likeness (QED) is 0.157. The van der Waals surface area contributed by atoms with E-state index in [1.807, 2.05) is 12.2 Å². The zero-order chi connectivity index (χ0) is 37.8. The summed E-state index contributed by atoms with van der Waals surface area (Å²) in [5.41, 5.74) is 17.0. The number of aromatic nitrogens is 2. The molecule has 0 amide bonds. The molecule has 1 unspecified atom stereocenters. The number of allylic oxidation sites excluding steroid dienone is 2. The molecule has 10 rings (SSSR count). The highest BCUT2D eigenvalue weighted by atomic mass is 79.9. The van der Waals surface area contributed by atoms with E-state index in [-0.39, 0.29) is 6.04 Å². The molecule has 2 heterocycles. The molecule has 56 heavy (non-hydrogen) atoms. The van der Waals surface area contributed by atoms with Crippen LogP contribution < -0.4 is 4.90 Å². The van der Waals surface area contributed by atoms with E-state index >= 15 is 0 Å². The van der Waals surface area contributed by atoms with Crippen LogP contribution in [0.15, 0.2) is 194 Å². The lowest BCUT2D eigenvalue weighted by Crippen LogP contribution is -2.29. The van der Waals surface area contributed by atoms with Gasteiger partial charge in [0.1, 0.15) is 0 Å². The third kappa shape index (κ3) is 5.32. The number of hydrogen-bond donors (Lipinski definition) is 0. The van der Waals surface area contributed by atoms with Crippen molar-refractivity contribution in [1.82, 2.24) is 9.13 Å². The Morgan fingerprint density at radius 1 is 0.554 bits per heavy atom. The maximum Gasteiger partial charge on any atom is 0.0625 e. The molecule has 4 heteroatoms. The van der Waals surface area contributed by atoms with Crippen molar-refractivity contribution in [2.45, 2.75) is 12.5 Å². The van der Waals surface area contributed by atoms with Crippen LogP contribution in [0.25, 0.3) is 79.2 Å². The van der Waals surface area contributed by atoms with Crippen LogP contribution in [0.4, 0.5) is 11.4 Å². The van der Waals surface area contributed by atoms with Crippen molar-refractivity contribution in [3.63, 3.8) is 0 Å². The van der Waals surface area contributed by atoms with E-state index in [9.17, 15) is 0 Å². The second-order valence-corrected chi connectivity index (χ2v) is 15.2. The molecule has 0 radical (unpaired) electrons. The van der Waals surface area contributed by atoms with E-state index in [4.69, 9.17) is 0 Å². The summed E-state index contributed by atoms with van der Waals surface area (Å²) in [6.45, 7) is 8.83. The van der Waals surface area contributed by atoms with Gasteiger partial charge in [-0.3, -0.25) is 0 Å². The van der Waals surface area contributed by atoms with Crippen molar-refractivity contribution in [3.8, 4) is 56.1 Å². The predicted octanol–water partition coefficient (Wildman–Crippen LogP) is 14.5. The van der Waals surface area contributed by atoms with Gasteiger partial charge in [0.05, 0.1) is 28.6 Å². The van der Waals surface area contributed by atoms with Crippen molar-refractivity contribution in [3.05, 3.63) is 205 Å². The van der Waals surface area contributed by atoms with Crippen molar-refractivity contribution in [1.29, 1.82) is 0 Å². The molecule has 6 aromatic carbocycles. The van der Waals surface area contributed by atoms with Crippen LogP contribution in [0.2, 0.25) is 0 Å². The lowest BCUT2D eigenvalue weighted by atomic mass is 9.84. The fourth-order valence-corrected chi connectivity index (χ4v) is 9.16. The Hall–Kier alpha value is -6.62. The molecule has 8 aromatic rings. The molecule has 0 spiro atoms. The monoisotopic (exact) mass is 783 g/mol. The third-order valence-corrected chi connectivity index (χ3v) is 11.7. The van der Waals surface area contributed by atoms with Crippen molar-refractivity contribution < 1.29 is 0 Å². The minimum atomic E-state index is 0.216. The van der Waals surface area contributed by atoms with Gasteiger partial charge >= 0.3 is 0 Å². The molecule has 1 atom stereocenters. The molecule has 0 saturated heterocycles. The van der Waals surface area contributed by atoms with Gasteiger partial charge in [0.25, 0.3) is 0 Å². The fourth-order valence-electron chi connectivity index (χ4n) is 8.90. The van der Waals surface area contributed by atoms with E-state index < -0.39 is 0 Å². The first kappa shape index (κ1) is 33.9. The molecule has 268 valence electrons. The van der Waals surface area contributed by atoms with Crippen LogP contribution in [0.5, 0.6) is 0 Å². The summed E-state index contributed by atoms with van der Waals surface area (Å²) >= 11 is 3.68. The summed E-state index contributed by atoms with van der Waals surface area (Å²) < 4.78 is 5.88. The fraction of sp³-hybridized carbons (Fsp3) is 0.0385. The number of anilines is 2. The lowest BCUT2D eigenvalue weighted by Gasteiger charge is -2.32. The molecule has 3 nitrogen and oxygen atoms in total. The van der Waals surface area contributed by atoms with E-state index in [1.165, 1.54) is 27.9 Å². The van der Waals surface area contributed by atoms with Crippen molar-refractivity contribution in [2.75, 3.05) is 4.90 Å². The largest absolute Gasteiger partial charge is 0.334 e. The Morgan fingerprint density at radius 2 is 1.12 bits per heavy atom. The zero-order valence-corrected chi connectivity index (χ0v) is 32.4. The number of hydrogen-bond acceptors (Lipinski definition) is 1. The summed E-state index contributed by atoms with van der Waals surface area (Å²) in [4.78, 5) is 2.43. The molecular formula is C52H38BrN3. The van der Waals surface area contributed by atoms with Crippen LogP contribution in [0.1, 0.15) is 17.7 Å². The molecule has 0 N–H and O–H groups in total. The van der Waals surface area contributed by atoms with Crippen molar-refractivity contribution in [2.24, 2.45) is 0 Å². The van der Waals surface area contributed by atoms with Crippen LogP contribution in [0.3, 0.4) is 0 Å². The summed E-state index contributed by atoms with van der Waals surface area (Å²) in [5.74, 6) is 0. The molecule has 0 saturated carbocycles. The van der Waals surface area contributed by atoms with Crippen molar-refractivity contribution >= 4 is 50.4 Å². The number of para-hydroxylation sites is 2. The average Bonchev–Trinajstić information content (AvgIpc) is 3.77. The molecule has 0 aliphatic heterocycles. The van der Waals surface area contributed by atoms with Gasteiger partial charge in [-0.2, -0.15) is 0 Å². The van der Waals surface area contributed by atoms with Gasteiger partial charge in [-0.15, -0.1) is 0 Å². The molecular weight excluding hydrogens is 746 g/mol. The molecule has 0 fully saturated rings. The zero-order valence-electron chi connectivity index (χ0n) is 30.8. The summed E-state index contributed by atoms with van der Waals surface area (Å²) in [7, 11) is 0. The smallest absolute Gasteiger partial charge is 0.0625 e. The maximum atomic E-state index is 4.42. The highest BCUT2D eigenvalue weighted by molar-refractivity contribution is 9.10. The van der Waals surface area contributed by atoms with E-state index in [1.54, 1.807) is 0 Å². The van der Waals surface area contributed by atoms with Crippen LogP contribution in [-0.2, 0) is 0 Å². The molecule has 0 bridgehead atoms. The second-order valence-electron chi connectivity index (χ2n) is 14.2. The summed E-state index contributed by atoms with van der Waals surface area (Å²) in [5, 5.41) is 1.21. The highest BCUT2D eigenvalue weighted by Gasteiger charge is 2.33. The Labute approximate surface area is 336 Å². The van der Waals surface area contributed by atoms with E-state index in [0.29, 0.717) is 0 Å². The Kier molecular flexibility index (Phi) is 8.42. The maximum absolute atomic E-state index is 4.42. The van der Waals surface area contributed by atoms with Gasteiger partial charge in [-0.25, -0.2) is 0 Å². The normalized spacial score (nSPS) is 13.9. The Balaban J connectivity index is 1.26. The van der Waals surface area contributed by atoms with Gasteiger partial charge in [0, 0.05) is 60.4 Å². The highest BCUT2D eigenvalue weighted by Crippen LogP contribution is 2.54. The van der Waals surface area contributed by atoms with Crippen LogP contribution in [0, 0.1) is 0 Å². The Morgan fingerprint density at radius 3 is 1.79 bits per heavy atom. The molecule has 2 aliphatic carbocycles. The van der Waals surface area contributed by atoms with E-state index in [2.05, 4.69) is 219 Å². The average molecular weight is 785 g/mol. The van der Waals surface area contributed by atoms with Crippen LogP contribution >= 0.6 is 15.9 Å². The minimum absolute atomic E-state index is 0.216. The SMILES string of the molecule is C=Cc1c2c(n(-c3ccc(N(c4ccccc4)C4C=CC=CC4)cc3)c1C=C)-c1ccccc1-c1c(n(-c3ccc(Br)cc3)c3ccccc13)-c1ccccc1-2. The molecule has 2 aromatic heterocycles. The number of halogens is 1. The topological polar surface area (TPSA) is 13.1 Å². The predicted molar refractivity (Wildman–Crippen MR) is 241 cm³/mol. The summed E-state index contributed by atoms with van der Waals surface area (Å²) in [6.07, 6.45) is 13.8. The molecule has 2 aliphatic rings. The van der Waals surface area contributed by atoms with Gasteiger partial charge < -0.3 is 14.0 Å². The van der Waals surface area contributed by atoms with E-state index in [0.717, 1.165) is 72.7 Å². The van der Waals surface area contributed by atoms with Gasteiger partial charge in [0.2, 0.25) is 0 Å². The standard InChI is InChI=1S/C52H38BrN3/c1-3-41-47(4-2)55(40-33-31-38(32-34-40)54(36-17-7-5-8-18-36)37-19-9-6-10-20-37)51-45-24-14-12-22-43(45)50-46-25-15-16-26-48(46)56(39-29-27-35(53)28-30-39)52(50)44-23-13-11-21-42(44)49(41)51/h3-19,21-34,37H,1-2,20H2.